The van der Waals surface area contributed by atoms with Gasteiger partial charge in [-0.2, -0.15) is 0 Å². The predicted octanol–water partition coefficient (Wildman–Crippen LogP) is 17.0. The van der Waals surface area contributed by atoms with E-state index in [1.807, 2.05) is 6.08 Å². The molecule has 0 bridgehead atoms. The summed E-state index contributed by atoms with van der Waals surface area (Å²) in [5.41, 5.74) is 0. The quantitative estimate of drug-likeness (QED) is 0.0321. The fraction of sp³-hybridized carbons (Fsp3) is 0.828. The number of hydrogen-bond donors (Lipinski definition) is 3. The molecule has 0 spiro atoms. The van der Waals surface area contributed by atoms with Crippen LogP contribution in [-0.4, -0.2) is 47.4 Å². The van der Waals surface area contributed by atoms with Gasteiger partial charge in [-0.3, -0.25) is 9.59 Å². The molecule has 0 aromatic rings. The normalized spacial score (nSPS) is 13.0. The second-order valence-electron chi connectivity index (χ2n) is 18.9. The molecule has 0 saturated carbocycles. The first-order chi connectivity index (χ1) is 31.5. The summed E-state index contributed by atoms with van der Waals surface area (Å²) in [7, 11) is 0. The van der Waals surface area contributed by atoms with E-state index in [2.05, 4.69) is 55.6 Å². The molecule has 64 heavy (non-hydrogen) atoms. The number of aliphatic hydroxyl groups excluding tert-OH is 2. The van der Waals surface area contributed by atoms with E-state index >= 15 is 0 Å². The molecule has 0 radical (unpaired) electrons. The second-order valence-corrected chi connectivity index (χ2v) is 18.9. The molecule has 374 valence electrons. The number of rotatable bonds is 51. The highest BCUT2D eigenvalue weighted by Gasteiger charge is 2.18. The maximum atomic E-state index is 12.4. The molecule has 0 rings (SSSR count). The van der Waals surface area contributed by atoms with Crippen LogP contribution < -0.4 is 5.32 Å². The number of aliphatic hydroxyl groups is 2. The van der Waals surface area contributed by atoms with Gasteiger partial charge in [-0.15, -0.1) is 0 Å². The molecule has 0 aliphatic rings. The van der Waals surface area contributed by atoms with Gasteiger partial charge < -0.3 is 20.3 Å². The van der Waals surface area contributed by atoms with Crippen molar-refractivity contribution in [1.82, 2.24) is 5.32 Å². The summed E-state index contributed by atoms with van der Waals surface area (Å²) < 4.78 is 5.45. The number of carbonyl (C=O) groups is 2. The minimum absolute atomic E-state index is 0.0321. The topological polar surface area (TPSA) is 95.9 Å². The fourth-order valence-electron chi connectivity index (χ4n) is 8.25. The Morgan fingerprint density at radius 3 is 1.22 bits per heavy atom. The fourth-order valence-corrected chi connectivity index (χ4v) is 8.25. The van der Waals surface area contributed by atoms with Crippen LogP contribution in [0.3, 0.4) is 0 Å². The minimum Gasteiger partial charge on any atom is -0.466 e. The number of unbranched alkanes of at least 4 members (excludes halogenated alkanes) is 34. The van der Waals surface area contributed by atoms with E-state index in [1.165, 1.54) is 167 Å². The zero-order valence-corrected chi connectivity index (χ0v) is 42.5. The van der Waals surface area contributed by atoms with Crippen LogP contribution in [0.25, 0.3) is 0 Å². The average molecular weight is 898 g/mol. The van der Waals surface area contributed by atoms with E-state index in [1.54, 1.807) is 6.08 Å². The first-order valence-electron chi connectivity index (χ1n) is 27.9. The van der Waals surface area contributed by atoms with E-state index in [9.17, 15) is 19.8 Å². The molecule has 0 fully saturated rings. The SMILES string of the molecule is CCCCCC/C=C\C/C=C\CCCCCCCCCC(=O)OCCCCC/C=C\CCCCCCCC(=O)NC(CO)C(O)/C=C/CCCCCCCCCCCCCCCCC. The van der Waals surface area contributed by atoms with Crippen molar-refractivity contribution in [2.24, 2.45) is 0 Å². The molecule has 6 nitrogen and oxygen atoms in total. The molecule has 2 unspecified atom stereocenters. The maximum Gasteiger partial charge on any atom is 0.305 e. The summed E-state index contributed by atoms with van der Waals surface area (Å²) in [5.74, 6) is -0.126. The zero-order valence-electron chi connectivity index (χ0n) is 42.5. The van der Waals surface area contributed by atoms with Gasteiger partial charge in [-0.05, 0) is 96.3 Å². The van der Waals surface area contributed by atoms with Crippen LogP contribution in [0.15, 0.2) is 48.6 Å². The van der Waals surface area contributed by atoms with Gasteiger partial charge in [0.25, 0.3) is 0 Å². The minimum atomic E-state index is -0.862. The number of ether oxygens (including phenoxy) is 1. The molecule has 0 aliphatic heterocycles. The van der Waals surface area contributed by atoms with Crippen molar-refractivity contribution in [3.8, 4) is 0 Å². The number of amides is 1. The van der Waals surface area contributed by atoms with Crippen LogP contribution in [0.1, 0.15) is 284 Å². The molecule has 0 aliphatic carbocycles. The molecule has 0 saturated heterocycles. The van der Waals surface area contributed by atoms with Gasteiger partial charge in [0.2, 0.25) is 5.91 Å². The number of hydrogen-bond acceptors (Lipinski definition) is 5. The molecule has 0 aromatic carbocycles. The van der Waals surface area contributed by atoms with E-state index in [0.29, 0.717) is 19.4 Å². The Bertz CT molecular complexity index is 1080. The van der Waals surface area contributed by atoms with Crippen LogP contribution >= 0.6 is 0 Å². The monoisotopic (exact) mass is 898 g/mol. The van der Waals surface area contributed by atoms with E-state index < -0.39 is 12.1 Å². The van der Waals surface area contributed by atoms with Crippen molar-refractivity contribution in [3.05, 3.63) is 48.6 Å². The zero-order chi connectivity index (χ0) is 46.5. The van der Waals surface area contributed by atoms with Crippen LogP contribution in [-0.2, 0) is 14.3 Å². The lowest BCUT2D eigenvalue weighted by molar-refractivity contribution is -0.143. The largest absolute Gasteiger partial charge is 0.466 e. The predicted molar refractivity (Wildman–Crippen MR) is 278 cm³/mol. The molecular weight excluding hydrogens is 791 g/mol. The highest BCUT2D eigenvalue weighted by Crippen LogP contribution is 2.15. The Morgan fingerprint density at radius 1 is 0.438 bits per heavy atom. The first-order valence-corrected chi connectivity index (χ1v) is 27.9. The van der Waals surface area contributed by atoms with Crippen molar-refractivity contribution in [2.75, 3.05) is 13.2 Å². The van der Waals surface area contributed by atoms with Crippen LogP contribution in [0.5, 0.6) is 0 Å². The summed E-state index contributed by atoms with van der Waals surface area (Å²) in [6.07, 6.45) is 66.9. The number of carbonyl (C=O) groups excluding carboxylic acids is 2. The van der Waals surface area contributed by atoms with Crippen LogP contribution in [0, 0.1) is 0 Å². The molecule has 0 aromatic heterocycles. The van der Waals surface area contributed by atoms with Crippen LogP contribution in [0.4, 0.5) is 0 Å². The second kappa shape index (κ2) is 53.4. The molecule has 3 N–H and O–H groups in total. The van der Waals surface area contributed by atoms with Gasteiger partial charge in [0, 0.05) is 12.8 Å². The Labute approximate surface area is 397 Å². The summed E-state index contributed by atoms with van der Waals surface area (Å²) in [6, 6.07) is -0.648. The lowest BCUT2D eigenvalue weighted by Crippen LogP contribution is -2.45. The first kappa shape index (κ1) is 61.8. The summed E-state index contributed by atoms with van der Waals surface area (Å²) in [6.45, 7) is 4.82. The van der Waals surface area contributed by atoms with Crippen LogP contribution in [0.2, 0.25) is 0 Å². The number of nitrogens with one attached hydrogen (secondary N) is 1. The van der Waals surface area contributed by atoms with E-state index in [4.69, 9.17) is 4.74 Å². The van der Waals surface area contributed by atoms with Crippen molar-refractivity contribution in [2.45, 2.75) is 296 Å². The Balaban J connectivity index is 3.54. The van der Waals surface area contributed by atoms with Gasteiger partial charge >= 0.3 is 5.97 Å². The van der Waals surface area contributed by atoms with Crippen molar-refractivity contribution in [3.63, 3.8) is 0 Å². The van der Waals surface area contributed by atoms with Crippen molar-refractivity contribution < 1.29 is 24.5 Å². The lowest BCUT2D eigenvalue weighted by Gasteiger charge is -2.20. The third-order valence-electron chi connectivity index (χ3n) is 12.6. The van der Waals surface area contributed by atoms with Gasteiger partial charge in [0.1, 0.15) is 0 Å². The van der Waals surface area contributed by atoms with E-state index in [0.717, 1.165) is 89.9 Å². The Morgan fingerprint density at radius 2 is 0.781 bits per heavy atom. The molecular formula is C58H107NO5. The molecule has 2 atom stereocenters. The van der Waals surface area contributed by atoms with Gasteiger partial charge in [0.15, 0.2) is 0 Å². The smallest absolute Gasteiger partial charge is 0.305 e. The summed E-state index contributed by atoms with van der Waals surface area (Å²) in [5, 5.41) is 23.1. The van der Waals surface area contributed by atoms with E-state index in [-0.39, 0.29) is 18.5 Å². The lowest BCUT2D eigenvalue weighted by atomic mass is 10.0. The van der Waals surface area contributed by atoms with Crippen molar-refractivity contribution in [1.29, 1.82) is 0 Å². The third kappa shape index (κ3) is 49.3. The van der Waals surface area contributed by atoms with Gasteiger partial charge in [0.05, 0.1) is 25.4 Å². The third-order valence-corrected chi connectivity index (χ3v) is 12.6. The van der Waals surface area contributed by atoms with Gasteiger partial charge in [-0.1, -0.05) is 223 Å². The highest BCUT2D eigenvalue weighted by atomic mass is 16.5. The molecule has 1 amide bonds. The Hall–Kier alpha value is -2.18. The van der Waals surface area contributed by atoms with Crippen molar-refractivity contribution >= 4 is 11.9 Å². The molecule has 0 heterocycles. The Kier molecular flexibility index (Phi) is 51.6. The number of esters is 1. The standard InChI is InChI=1S/C58H107NO5/c1-3-5-7-9-11-13-15-17-19-21-23-25-27-32-36-40-44-48-52-58(63)64-53-49-45-41-37-33-29-28-31-35-39-43-47-51-57(62)59-55(54-60)56(61)50-46-42-38-34-30-26-24-22-20-18-16-14-12-10-8-6-4-2/h13,15,19,21,29,33,46,50,55-56,60-61H,3-12,14,16-18,20,22-28,30-32,34-45,47-49,51-54H2,1-2H3,(H,59,62)/b15-13-,21-19-,33-29-,50-46+. The highest BCUT2D eigenvalue weighted by molar-refractivity contribution is 5.76. The van der Waals surface area contributed by atoms with Gasteiger partial charge in [-0.25, -0.2) is 0 Å². The molecule has 6 heteroatoms. The average Bonchev–Trinajstić information content (AvgIpc) is 3.29. The maximum absolute atomic E-state index is 12.4. The summed E-state index contributed by atoms with van der Waals surface area (Å²) >= 11 is 0. The summed E-state index contributed by atoms with van der Waals surface area (Å²) in [4.78, 5) is 24.5. The number of allylic oxidation sites excluding steroid dienone is 7.